The average molecular weight is 774 g/mol. The second kappa shape index (κ2) is 27.2. The SMILES string of the molecule is CCCCCCCCOc1ccc(/C=C/C(=O)OCC(COC(=O)/C=C/c2ccc(OCCCCCCCC)cc2)OP(=O)([O-])OCC[N+](C)(C)C)cc1. The van der Waals surface area contributed by atoms with Crippen molar-refractivity contribution in [1.82, 2.24) is 0 Å². The Labute approximate surface area is 323 Å². The fourth-order valence-electron chi connectivity index (χ4n) is 5.02. The van der Waals surface area contributed by atoms with Gasteiger partial charge in [-0.1, -0.05) is 102 Å². The maximum absolute atomic E-state index is 12.6. The fourth-order valence-corrected chi connectivity index (χ4v) is 5.87. The third-order valence-corrected chi connectivity index (χ3v) is 9.28. The van der Waals surface area contributed by atoms with Gasteiger partial charge >= 0.3 is 11.9 Å². The van der Waals surface area contributed by atoms with Gasteiger partial charge in [0.2, 0.25) is 0 Å². The lowest BCUT2D eigenvalue weighted by Crippen LogP contribution is -2.38. The molecule has 11 nitrogen and oxygen atoms in total. The number of unbranched alkanes of at least 4 members (excludes halogenated alkanes) is 10. The summed E-state index contributed by atoms with van der Waals surface area (Å²) in [5, 5.41) is 0. The van der Waals surface area contributed by atoms with Gasteiger partial charge in [0.05, 0.1) is 34.4 Å². The number of carbonyl (C=O) groups excluding carboxylic acids is 2. The van der Waals surface area contributed by atoms with Crippen LogP contribution in [0.25, 0.3) is 12.2 Å². The van der Waals surface area contributed by atoms with Crippen LogP contribution in [0, 0.1) is 0 Å². The van der Waals surface area contributed by atoms with E-state index >= 15 is 0 Å². The summed E-state index contributed by atoms with van der Waals surface area (Å²) in [5.74, 6) is 0.0357. The number of carbonyl (C=O) groups is 2. The predicted molar refractivity (Wildman–Crippen MR) is 212 cm³/mol. The molecular weight excluding hydrogens is 709 g/mol. The van der Waals surface area contributed by atoms with Gasteiger partial charge in [0, 0.05) is 12.2 Å². The minimum absolute atomic E-state index is 0.117. The maximum atomic E-state index is 12.6. The van der Waals surface area contributed by atoms with Crippen LogP contribution in [0.1, 0.15) is 102 Å². The smallest absolute Gasteiger partial charge is 0.330 e. The summed E-state index contributed by atoms with van der Waals surface area (Å²) in [6, 6.07) is 14.6. The first-order valence-electron chi connectivity index (χ1n) is 19.5. The molecular formula is C42H64NO10P. The Balaban J connectivity index is 1.88. The molecule has 0 fully saturated rings. The first kappa shape index (κ1) is 46.7. The van der Waals surface area contributed by atoms with Gasteiger partial charge in [0.15, 0.2) is 0 Å². The first-order chi connectivity index (χ1) is 25.9. The molecule has 1 unspecified atom stereocenters. The Bertz CT molecular complexity index is 1330. The maximum Gasteiger partial charge on any atom is 0.330 e. The van der Waals surface area contributed by atoms with Gasteiger partial charge in [-0.25, -0.2) is 9.59 Å². The van der Waals surface area contributed by atoms with Gasteiger partial charge in [0.25, 0.3) is 7.82 Å². The van der Waals surface area contributed by atoms with Crippen molar-refractivity contribution in [1.29, 1.82) is 0 Å². The zero-order valence-electron chi connectivity index (χ0n) is 33.2. The monoisotopic (exact) mass is 773 g/mol. The minimum atomic E-state index is -4.83. The number of likely N-dealkylation sites (N-methyl/N-ethyl adjacent to an activating group) is 1. The quantitative estimate of drug-likeness (QED) is 0.0250. The molecule has 0 heterocycles. The number of hydrogen-bond donors (Lipinski definition) is 0. The van der Waals surface area contributed by atoms with E-state index in [0.29, 0.717) is 24.2 Å². The number of phosphoric ester groups is 1. The van der Waals surface area contributed by atoms with E-state index in [1.165, 1.54) is 63.5 Å². The molecule has 2 rings (SSSR count). The molecule has 0 N–H and O–H groups in total. The normalized spacial score (nSPS) is 13.0. The first-order valence-corrected chi connectivity index (χ1v) is 20.9. The lowest BCUT2D eigenvalue weighted by molar-refractivity contribution is -0.870. The van der Waals surface area contributed by atoms with Crippen LogP contribution < -0.4 is 14.4 Å². The summed E-state index contributed by atoms with van der Waals surface area (Å²) in [6.45, 7) is 4.99. The van der Waals surface area contributed by atoms with Crippen LogP contribution in [0.15, 0.2) is 60.7 Å². The highest BCUT2D eigenvalue weighted by Crippen LogP contribution is 2.40. The molecule has 2 aromatic rings. The number of phosphoric acid groups is 1. The summed E-state index contributed by atoms with van der Waals surface area (Å²) < 4.78 is 45.4. The molecule has 0 aliphatic carbocycles. The van der Waals surface area contributed by atoms with Gasteiger partial charge in [-0.15, -0.1) is 0 Å². The second-order valence-corrected chi connectivity index (χ2v) is 15.7. The van der Waals surface area contributed by atoms with Gasteiger partial charge in [0.1, 0.15) is 44.0 Å². The number of quaternary nitrogens is 1. The third-order valence-electron chi connectivity index (χ3n) is 8.23. The topological polar surface area (TPSA) is 130 Å². The highest BCUT2D eigenvalue weighted by molar-refractivity contribution is 7.45. The van der Waals surface area contributed by atoms with Crippen LogP contribution in [0.5, 0.6) is 11.5 Å². The van der Waals surface area contributed by atoms with Crippen LogP contribution in [0.2, 0.25) is 0 Å². The zero-order valence-corrected chi connectivity index (χ0v) is 34.1. The lowest BCUT2D eigenvalue weighted by atomic mass is 10.1. The van der Waals surface area contributed by atoms with E-state index in [1.54, 1.807) is 12.2 Å². The highest BCUT2D eigenvalue weighted by Gasteiger charge is 2.22. The fraction of sp³-hybridized carbons (Fsp3) is 0.571. The van der Waals surface area contributed by atoms with Crippen molar-refractivity contribution in [2.24, 2.45) is 0 Å². The Kier molecular flexibility index (Phi) is 23.5. The third kappa shape index (κ3) is 24.0. The van der Waals surface area contributed by atoms with E-state index in [9.17, 15) is 19.0 Å². The zero-order chi connectivity index (χ0) is 39.5. The number of rotatable bonds is 30. The largest absolute Gasteiger partial charge is 0.756 e. The van der Waals surface area contributed by atoms with Crippen molar-refractivity contribution in [3.63, 3.8) is 0 Å². The molecule has 0 saturated carbocycles. The number of hydrogen-bond acceptors (Lipinski definition) is 10. The molecule has 302 valence electrons. The van der Waals surface area contributed by atoms with Gasteiger partial charge in [-0.3, -0.25) is 4.57 Å². The van der Waals surface area contributed by atoms with Crippen LogP contribution in [-0.2, 0) is 32.7 Å². The average Bonchev–Trinajstić information content (AvgIpc) is 3.13. The molecule has 1 atom stereocenters. The molecule has 0 radical (unpaired) electrons. The van der Waals surface area contributed by atoms with E-state index in [-0.39, 0.29) is 6.61 Å². The Morgan fingerprint density at radius 2 is 1.06 bits per heavy atom. The van der Waals surface area contributed by atoms with E-state index in [1.807, 2.05) is 69.7 Å². The van der Waals surface area contributed by atoms with Crippen molar-refractivity contribution >= 4 is 31.9 Å². The van der Waals surface area contributed by atoms with E-state index in [0.717, 1.165) is 48.3 Å². The molecule has 0 bridgehead atoms. The molecule has 12 heteroatoms. The van der Waals surface area contributed by atoms with Gasteiger partial charge < -0.3 is 37.4 Å². The molecule has 2 aromatic carbocycles. The summed E-state index contributed by atoms with van der Waals surface area (Å²) >= 11 is 0. The molecule has 54 heavy (non-hydrogen) atoms. The lowest BCUT2D eigenvalue weighted by Gasteiger charge is -2.29. The molecule has 0 aliphatic rings. The van der Waals surface area contributed by atoms with Crippen molar-refractivity contribution in [3.05, 3.63) is 71.8 Å². The van der Waals surface area contributed by atoms with Crippen LogP contribution >= 0.6 is 7.82 Å². The van der Waals surface area contributed by atoms with E-state index in [4.69, 9.17) is 28.0 Å². The Morgan fingerprint density at radius 3 is 1.46 bits per heavy atom. The highest BCUT2D eigenvalue weighted by atomic mass is 31.2. The summed E-state index contributed by atoms with van der Waals surface area (Å²) in [5.41, 5.74) is 1.50. The number of ether oxygens (including phenoxy) is 4. The van der Waals surface area contributed by atoms with Gasteiger partial charge in [-0.05, 0) is 60.4 Å². The van der Waals surface area contributed by atoms with Crippen LogP contribution in [0.3, 0.4) is 0 Å². The van der Waals surface area contributed by atoms with Crippen molar-refractivity contribution in [3.8, 4) is 11.5 Å². The number of esters is 2. The molecule has 0 aromatic heterocycles. The number of nitrogens with zero attached hydrogens (tertiary/aromatic N) is 1. The van der Waals surface area contributed by atoms with Crippen molar-refractivity contribution in [2.75, 3.05) is 60.7 Å². The van der Waals surface area contributed by atoms with Gasteiger partial charge in [-0.2, -0.15) is 0 Å². The van der Waals surface area contributed by atoms with E-state index in [2.05, 4.69) is 13.8 Å². The van der Waals surface area contributed by atoms with Crippen molar-refractivity contribution in [2.45, 2.75) is 97.0 Å². The van der Waals surface area contributed by atoms with Crippen LogP contribution in [-0.4, -0.2) is 83.2 Å². The minimum Gasteiger partial charge on any atom is -0.756 e. The molecule has 0 amide bonds. The molecule has 0 spiro atoms. The van der Waals surface area contributed by atoms with Crippen molar-refractivity contribution < 1.29 is 51.5 Å². The standard InChI is InChI=1S/C42H64NO10P/c1-6-8-10-12-14-16-31-48-38-24-18-36(19-25-38)22-28-41(44)50-34-40(53-54(46,47)52-33-30-43(3,4)5)35-51-42(45)29-23-37-20-26-39(27-21-37)49-32-17-15-13-11-9-7-2/h18-29,40H,6-17,30-35H2,1-5H3/b28-22+,29-23+. The summed E-state index contributed by atoms with van der Waals surface area (Å²) in [6.07, 6.45) is 18.5. The summed E-state index contributed by atoms with van der Waals surface area (Å²) in [7, 11) is 0.844. The number of benzene rings is 2. The Hall–Kier alpha value is -3.47. The molecule has 0 aliphatic heterocycles. The Morgan fingerprint density at radius 1 is 0.648 bits per heavy atom. The predicted octanol–water partition coefficient (Wildman–Crippen LogP) is 8.55. The second-order valence-electron chi connectivity index (χ2n) is 14.3. The molecule has 0 saturated heterocycles. The summed E-state index contributed by atoms with van der Waals surface area (Å²) in [4.78, 5) is 37.7. The van der Waals surface area contributed by atoms with E-state index < -0.39 is 39.1 Å². The van der Waals surface area contributed by atoms with Crippen LogP contribution in [0.4, 0.5) is 0 Å².